The molecule has 92 heavy (non-hydrogen) atoms. The molecule has 0 spiro atoms. The number of allylic oxidation sites excluding steroid dienone is 5. The highest BCUT2D eigenvalue weighted by atomic mass is 16.5. The standard InChI is InChI=1S/C84H82N4O4/c1-83(2,3)65-23-39-73(40-24-65)85(69-31-15-61(16-32-69)63-19-35-71(36-20-63)87(75-43-51-79(89-7)52-44-75)76-45-53-80(90-8)54-46-76)67-27-11-59(12-28-67)60-13-29-68(30-14-60)86(74-41-25-66(26-42-74)84(4,5)6)70-33-17-62(18-34-70)64-21-37-72(38-22-64)88(77-47-55-81(91-9)56-48-77)78-49-57-82(92-10)58-50-78/h11-25,27-37,39-58,66,72H,26,38H2,1-10H3. The van der Waals surface area contributed by atoms with Gasteiger partial charge in [0.25, 0.3) is 0 Å². The first-order valence-electron chi connectivity index (χ1n) is 31.8. The van der Waals surface area contributed by atoms with Gasteiger partial charge in [0.1, 0.15) is 23.0 Å². The molecule has 2 aliphatic carbocycles. The summed E-state index contributed by atoms with van der Waals surface area (Å²) in [5, 5.41) is 0. The highest BCUT2D eigenvalue weighted by molar-refractivity contribution is 5.84. The Morgan fingerprint density at radius 2 is 0.609 bits per heavy atom. The van der Waals surface area contributed by atoms with Gasteiger partial charge in [-0.3, -0.25) is 0 Å². The molecule has 2 aliphatic rings. The number of nitrogens with zero attached hydrogens (tertiary/aromatic N) is 4. The van der Waals surface area contributed by atoms with E-state index in [9.17, 15) is 0 Å². The molecule has 0 amide bonds. The van der Waals surface area contributed by atoms with Crippen molar-refractivity contribution in [3.05, 3.63) is 296 Å². The summed E-state index contributed by atoms with van der Waals surface area (Å²) in [5.74, 6) is 3.74. The van der Waals surface area contributed by atoms with Crippen LogP contribution in [-0.4, -0.2) is 34.5 Å². The van der Waals surface area contributed by atoms with E-state index in [1.54, 1.807) is 28.4 Å². The fourth-order valence-electron chi connectivity index (χ4n) is 12.4. The predicted octanol–water partition coefficient (Wildman–Crippen LogP) is 22.5. The summed E-state index contributed by atoms with van der Waals surface area (Å²) in [6, 6.07) is 86.8. The lowest BCUT2D eigenvalue weighted by molar-refractivity contribution is 0.293. The van der Waals surface area contributed by atoms with E-state index < -0.39 is 0 Å². The van der Waals surface area contributed by atoms with Gasteiger partial charge in [-0.2, -0.15) is 0 Å². The lowest BCUT2D eigenvalue weighted by atomic mass is 9.77. The van der Waals surface area contributed by atoms with Crippen LogP contribution in [0.4, 0.5) is 56.9 Å². The molecule has 2 unspecified atom stereocenters. The minimum absolute atomic E-state index is 0.0261. The van der Waals surface area contributed by atoms with Crippen LogP contribution in [0.2, 0.25) is 0 Å². The van der Waals surface area contributed by atoms with Crippen LogP contribution in [0, 0.1) is 11.3 Å². The van der Waals surface area contributed by atoms with Gasteiger partial charge in [-0.1, -0.05) is 145 Å². The average molecular weight is 1210 g/mol. The zero-order chi connectivity index (χ0) is 63.9. The molecule has 0 fully saturated rings. The van der Waals surface area contributed by atoms with Gasteiger partial charge in [0.2, 0.25) is 0 Å². The molecule has 8 nitrogen and oxygen atoms in total. The number of hydrogen-bond donors (Lipinski definition) is 0. The van der Waals surface area contributed by atoms with E-state index in [1.165, 1.54) is 22.4 Å². The number of rotatable bonds is 19. The van der Waals surface area contributed by atoms with Crippen molar-refractivity contribution < 1.29 is 18.9 Å². The Morgan fingerprint density at radius 3 is 0.891 bits per heavy atom. The summed E-state index contributed by atoms with van der Waals surface area (Å²) in [6.45, 7) is 13.8. The fourth-order valence-corrected chi connectivity index (χ4v) is 12.4. The van der Waals surface area contributed by atoms with Crippen molar-refractivity contribution in [1.29, 1.82) is 0 Å². The molecule has 0 saturated heterocycles. The van der Waals surface area contributed by atoms with Crippen molar-refractivity contribution >= 4 is 62.4 Å². The van der Waals surface area contributed by atoms with E-state index in [4.69, 9.17) is 18.9 Å². The molecule has 0 radical (unpaired) electrons. The van der Waals surface area contributed by atoms with Crippen LogP contribution in [-0.2, 0) is 5.41 Å². The van der Waals surface area contributed by atoms with Crippen LogP contribution in [0.1, 0.15) is 65.5 Å². The molecule has 462 valence electrons. The van der Waals surface area contributed by atoms with Crippen LogP contribution >= 0.6 is 0 Å². The van der Waals surface area contributed by atoms with Gasteiger partial charge >= 0.3 is 0 Å². The lowest BCUT2D eigenvalue weighted by Gasteiger charge is -2.34. The van der Waals surface area contributed by atoms with Crippen molar-refractivity contribution in [3.63, 3.8) is 0 Å². The molecule has 0 aliphatic heterocycles. The number of ether oxygens (including phenoxy) is 4. The van der Waals surface area contributed by atoms with E-state index in [1.807, 2.05) is 48.5 Å². The lowest BCUT2D eigenvalue weighted by Crippen LogP contribution is -2.30. The second-order valence-electron chi connectivity index (χ2n) is 25.7. The molecule has 0 heterocycles. The molecule has 0 N–H and O–H groups in total. The first kappa shape index (κ1) is 61.8. The van der Waals surface area contributed by atoms with Gasteiger partial charge in [0.15, 0.2) is 0 Å². The first-order valence-corrected chi connectivity index (χ1v) is 31.8. The summed E-state index contributed by atoms with van der Waals surface area (Å²) in [4.78, 5) is 9.38. The maximum absolute atomic E-state index is 5.51. The molecular formula is C84H82N4O4. The van der Waals surface area contributed by atoms with Crippen molar-refractivity contribution in [3.8, 4) is 45.3 Å². The van der Waals surface area contributed by atoms with Gasteiger partial charge in [-0.15, -0.1) is 0 Å². The second-order valence-corrected chi connectivity index (χ2v) is 25.7. The SMILES string of the molecule is COc1ccc(N(c2ccc(OC)cc2)c2ccc(-c3ccc(N(c4ccc(-c5ccc(N(C6=CCC(C(C)(C)C)C=C6)c6ccc(C7=CCC(N(c8ccc(OC)cc8)c8ccc(OC)cc8)C=C7)cc6)cc5)cc4)c4ccc(C(C)(C)C)cc4)cc3)cc2)cc1. The molecule has 0 saturated carbocycles. The topological polar surface area (TPSA) is 49.9 Å². The first-order chi connectivity index (χ1) is 44.6. The largest absolute Gasteiger partial charge is 0.497 e. The fraction of sp³-hybridized carbons (Fsp3) is 0.190. The summed E-state index contributed by atoms with van der Waals surface area (Å²) < 4.78 is 22.0. The molecule has 10 aromatic carbocycles. The van der Waals surface area contributed by atoms with Gasteiger partial charge in [-0.25, -0.2) is 0 Å². The van der Waals surface area contributed by atoms with Crippen LogP contribution in [0.25, 0.3) is 27.8 Å². The van der Waals surface area contributed by atoms with Gasteiger partial charge in [0, 0.05) is 62.6 Å². The smallest absolute Gasteiger partial charge is 0.119 e. The van der Waals surface area contributed by atoms with Gasteiger partial charge < -0.3 is 38.5 Å². The third-order valence-electron chi connectivity index (χ3n) is 17.8. The van der Waals surface area contributed by atoms with E-state index in [0.29, 0.717) is 5.92 Å². The van der Waals surface area contributed by atoms with Crippen LogP contribution in [0.5, 0.6) is 23.0 Å². The molecule has 0 aromatic heterocycles. The van der Waals surface area contributed by atoms with Crippen molar-refractivity contribution in [2.45, 2.75) is 65.8 Å². The minimum atomic E-state index is 0.0261. The Hall–Kier alpha value is -10.4. The normalized spacial score (nSPS) is 14.6. The minimum Gasteiger partial charge on any atom is -0.497 e. The molecule has 2 atom stereocenters. The monoisotopic (exact) mass is 1210 g/mol. The molecule has 12 rings (SSSR count). The number of benzene rings is 10. The van der Waals surface area contributed by atoms with E-state index >= 15 is 0 Å². The Balaban J connectivity index is 0.794. The maximum Gasteiger partial charge on any atom is 0.119 e. The number of anilines is 10. The predicted molar refractivity (Wildman–Crippen MR) is 385 cm³/mol. The highest BCUT2D eigenvalue weighted by Crippen LogP contribution is 2.43. The van der Waals surface area contributed by atoms with Crippen LogP contribution in [0.3, 0.4) is 0 Å². The van der Waals surface area contributed by atoms with E-state index in [-0.39, 0.29) is 16.9 Å². The highest BCUT2D eigenvalue weighted by Gasteiger charge is 2.27. The summed E-state index contributed by atoms with van der Waals surface area (Å²) in [6.07, 6.45) is 15.9. The molecule has 0 bridgehead atoms. The Kier molecular flexibility index (Phi) is 18.1. The third kappa shape index (κ3) is 13.7. The van der Waals surface area contributed by atoms with Gasteiger partial charge in [-0.05, 0) is 244 Å². The quantitative estimate of drug-likeness (QED) is 0.0794. The zero-order valence-electron chi connectivity index (χ0n) is 54.5. The second kappa shape index (κ2) is 26.9. The van der Waals surface area contributed by atoms with Crippen molar-refractivity contribution in [2.24, 2.45) is 11.3 Å². The Bertz CT molecular complexity index is 4120. The summed E-state index contributed by atoms with van der Waals surface area (Å²) in [7, 11) is 6.79. The number of hydrogen-bond acceptors (Lipinski definition) is 8. The molecule has 10 aromatic rings. The van der Waals surface area contributed by atoms with E-state index in [2.05, 4.69) is 292 Å². The Morgan fingerprint density at radius 1 is 0.304 bits per heavy atom. The van der Waals surface area contributed by atoms with Gasteiger partial charge in [0.05, 0.1) is 34.5 Å². The maximum atomic E-state index is 5.51. The number of methoxy groups -OCH3 is 4. The Labute approximate surface area is 544 Å². The van der Waals surface area contributed by atoms with Crippen molar-refractivity contribution in [2.75, 3.05) is 48.0 Å². The summed E-state index contributed by atoms with van der Waals surface area (Å²) in [5.41, 5.74) is 20.3. The molecule has 8 heteroatoms. The average Bonchev–Trinajstić information content (AvgIpc) is 1.18. The molecular weight excluding hydrogens is 1130 g/mol. The van der Waals surface area contributed by atoms with E-state index in [0.717, 1.165) is 115 Å². The third-order valence-corrected chi connectivity index (χ3v) is 17.8. The van der Waals surface area contributed by atoms with Crippen LogP contribution < -0.4 is 38.5 Å². The summed E-state index contributed by atoms with van der Waals surface area (Å²) >= 11 is 0. The van der Waals surface area contributed by atoms with Crippen LogP contribution in [0.15, 0.2) is 285 Å². The zero-order valence-corrected chi connectivity index (χ0v) is 54.5. The van der Waals surface area contributed by atoms with Crippen molar-refractivity contribution in [1.82, 2.24) is 0 Å².